The van der Waals surface area contributed by atoms with Crippen molar-refractivity contribution < 1.29 is 9.13 Å². The highest BCUT2D eigenvalue weighted by Gasteiger charge is 2.42. The maximum absolute atomic E-state index is 13.6. The Morgan fingerprint density at radius 1 is 1.00 bits per heavy atom. The number of aromatic nitrogens is 2. The van der Waals surface area contributed by atoms with Gasteiger partial charge in [-0.2, -0.15) is 0 Å². The largest absolute Gasteiger partial charge is 0.494 e. The Kier molecular flexibility index (Phi) is 6.26. The molecule has 1 aliphatic heterocycles. The second-order valence-electron chi connectivity index (χ2n) is 8.56. The SMILES string of the molecule is CCOc1ccc(N2C(=S)NC(c3ccccn3)C2c2cc(C)n(-c3ccc(F)cc3)c2C)cc1. The number of hydrogen-bond acceptors (Lipinski definition) is 3. The van der Waals surface area contributed by atoms with Gasteiger partial charge in [0.15, 0.2) is 5.11 Å². The van der Waals surface area contributed by atoms with Crippen molar-refractivity contribution in [2.75, 3.05) is 11.5 Å². The predicted molar refractivity (Wildman–Crippen MR) is 141 cm³/mol. The summed E-state index contributed by atoms with van der Waals surface area (Å²) in [7, 11) is 0. The number of pyridine rings is 1. The van der Waals surface area contributed by atoms with Gasteiger partial charge in [0.05, 0.1) is 24.4 Å². The molecule has 0 radical (unpaired) electrons. The minimum absolute atomic E-state index is 0.129. The van der Waals surface area contributed by atoms with Crippen molar-refractivity contribution in [1.82, 2.24) is 14.9 Å². The lowest BCUT2D eigenvalue weighted by atomic mass is 9.96. The first kappa shape index (κ1) is 23.1. The third-order valence-electron chi connectivity index (χ3n) is 6.40. The van der Waals surface area contributed by atoms with E-state index in [1.807, 2.05) is 49.4 Å². The van der Waals surface area contributed by atoms with Gasteiger partial charge in [-0.1, -0.05) is 6.07 Å². The fraction of sp³-hybridized carbons (Fsp3) is 0.214. The number of anilines is 1. The standard InChI is InChI=1S/C28H27FN4OS/c1-4-34-23-14-12-22(13-15-23)33-27(26(31-28(33)35)25-7-5-6-16-30-25)24-17-18(2)32(19(24)3)21-10-8-20(29)9-11-21/h5-17,26-27H,4H2,1-3H3,(H,31,35). The van der Waals surface area contributed by atoms with Crippen LogP contribution < -0.4 is 15.0 Å². The van der Waals surface area contributed by atoms with Crippen LogP contribution in [0.15, 0.2) is 79.0 Å². The molecule has 3 heterocycles. The van der Waals surface area contributed by atoms with Crippen molar-refractivity contribution in [2.24, 2.45) is 0 Å². The Hall–Kier alpha value is -3.71. The maximum Gasteiger partial charge on any atom is 0.174 e. The first-order valence-electron chi connectivity index (χ1n) is 11.7. The molecule has 0 amide bonds. The van der Waals surface area contributed by atoms with E-state index in [4.69, 9.17) is 17.0 Å². The summed E-state index contributed by atoms with van der Waals surface area (Å²) < 4.78 is 21.4. The summed E-state index contributed by atoms with van der Waals surface area (Å²) in [6.45, 7) is 6.75. The van der Waals surface area contributed by atoms with E-state index < -0.39 is 0 Å². The van der Waals surface area contributed by atoms with E-state index in [-0.39, 0.29) is 17.9 Å². The molecular weight excluding hydrogens is 459 g/mol. The molecule has 2 aromatic carbocycles. The van der Waals surface area contributed by atoms with E-state index in [0.29, 0.717) is 11.7 Å². The molecule has 5 nitrogen and oxygen atoms in total. The van der Waals surface area contributed by atoms with E-state index in [1.54, 1.807) is 18.3 Å². The quantitative estimate of drug-likeness (QED) is 0.329. The van der Waals surface area contributed by atoms with E-state index in [0.717, 1.165) is 39.8 Å². The Labute approximate surface area is 210 Å². The fourth-order valence-corrected chi connectivity index (χ4v) is 5.24. The topological polar surface area (TPSA) is 42.3 Å². The van der Waals surface area contributed by atoms with Crippen molar-refractivity contribution in [1.29, 1.82) is 0 Å². The molecule has 1 N–H and O–H groups in total. The number of nitrogens with zero attached hydrogens (tertiary/aromatic N) is 3. The van der Waals surface area contributed by atoms with Gasteiger partial charge in [0.25, 0.3) is 0 Å². The zero-order chi connectivity index (χ0) is 24.5. The van der Waals surface area contributed by atoms with Crippen LogP contribution in [0, 0.1) is 19.7 Å². The van der Waals surface area contributed by atoms with E-state index in [1.165, 1.54) is 12.1 Å². The van der Waals surface area contributed by atoms with Crippen LogP contribution in [-0.2, 0) is 0 Å². The highest BCUT2D eigenvalue weighted by Crippen LogP contribution is 2.44. The molecule has 0 bridgehead atoms. The number of thiocarbonyl (C=S) groups is 1. The number of halogens is 1. The average molecular weight is 487 g/mol. The van der Waals surface area contributed by atoms with Crippen LogP contribution in [0.2, 0.25) is 0 Å². The molecule has 35 heavy (non-hydrogen) atoms. The molecule has 2 unspecified atom stereocenters. The van der Waals surface area contributed by atoms with Crippen molar-refractivity contribution in [3.8, 4) is 11.4 Å². The van der Waals surface area contributed by atoms with Crippen molar-refractivity contribution in [3.63, 3.8) is 0 Å². The number of nitrogens with one attached hydrogen (secondary N) is 1. The zero-order valence-electron chi connectivity index (χ0n) is 19.9. The highest BCUT2D eigenvalue weighted by molar-refractivity contribution is 7.80. The van der Waals surface area contributed by atoms with Crippen LogP contribution >= 0.6 is 12.2 Å². The fourth-order valence-electron chi connectivity index (χ4n) is 4.89. The number of ether oxygens (including phenoxy) is 1. The van der Waals surface area contributed by atoms with E-state index >= 15 is 0 Å². The highest BCUT2D eigenvalue weighted by atomic mass is 32.1. The molecule has 1 aliphatic rings. The van der Waals surface area contributed by atoms with E-state index in [9.17, 15) is 4.39 Å². The summed E-state index contributed by atoms with van der Waals surface area (Å²) in [5.74, 6) is 0.570. The van der Waals surface area contributed by atoms with Crippen LogP contribution in [0.4, 0.5) is 10.1 Å². The first-order chi connectivity index (χ1) is 17.0. The minimum atomic E-state index is -0.251. The number of aryl methyl sites for hydroxylation is 1. The summed E-state index contributed by atoms with van der Waals surface area (Å²) in [6, 6.07) is 22.4. The zero-order valence-corrected chi connectivity index (χ0v) is 20.7. The lowest BCUT2D eigenvalue weighted by molar-refractivity contribution is 0.340. The van der Waals surface area contributed by atoms with Crippen LogP contribution in [0.25, 0.3) is 5.69 Å². The van der Waals surface area contributed by atoms with Gasteiger partial charge in [0, 0.05) is 29.0 Å². The van der Waals surface area contributed by atoms with Gasteiger partial charge in [0.2, 0.25) is 0 Å². The molecule has 0 spiro atoms. The van der Waals surface area contributed by atoms with Crippen LogP contribution in [0.5, 0.6) is 5.75 Å². The van der Waals surface area contributed by atoms with Crippen LogP contribution in [0.1, 0.15) is 41.7 Å². The molecule has 5 rings (SSSR count). The third kappa shape index (κ3) is 4.28. The second kappa shape index (κ2) is 9.50. The van der Waals surface area contributed by atoms with Gasteiger partial charge in [0.1, 0.15) is 11.6 Å². The summed E-state index contributed by atoms with van der Waals surface area (Å²) in [6.07, 6.45) is 1.80. The molecule has 1 saturated heterocycles. The summed E-state index contributed by atoms with van der Waals surface area (Å²) in [5, 5.41) is 4.16. The van der Waals surface area contributed by atoms with Gasteiger partial charge in [-0.3, -0.25) is 4.98 Å². The summed E-state index contributed by atoms with van der Waals surface area (Å²) in [5.41, 5.74) is 6.07. The van der Waals surface area contributed by atoms with Crippen molar-refractivity contribution in [3.05, 3.63) is 107 Å². The Balaban J connectivity index is 1.63. The maximum atomic E-state index is 13.6. The molecule has 7 heteroatoms. The first-order valence-corrected chi connectivity index (χ1v) is 12.1. The predicted octanol–water partition coefficient (Wildman–Crippen LogP) is 6.20. The molecule has 2 atom stereocenters. The van der Waals surface area contributed by atoms with Gasteiger partial charge >= 0.3 is 0 Å². The van der Waals surface area contributed by atoms with Gasteiger partial charge in [-0.25, -0.2) is 4.39 Å². The van der Waals surface area contributed by atoms with Gasteiger partial charge in [-0.15, -0.1) is 0 Å². The summed E-state index contributed by atoms with van der Waals surface area (Å²) in [4.78, 5) is 6.80. The average Bonchev–Trinajstić information content (AvgIpc) is 3.36. The van der Waals surface area contributed by atoms with E-state index in [2.05, 4.69) is 39.7 Å². The monoisotopic (exact) mass is 486 g/mol. The Morgan fingerprint density at radius 2 is 1.71 bits per heavy atom. The van der Waals surface area contributed by atoms with Gasteiger partial charge in [-0.05, 0) is 105 Å². The summed E-state index contributed by atoms with van der Waals surface area (Å²) >= 11 is 5.86. The van der Waals surface area contributed by atoms with Crippen molar-refractivity contribution >= 4 is 23.0 Å². The van der Waals surface area contributed by atoms with Crippen LogP contribution in [-0.4, -0.2) is 21.3 Å². The van der Waals surface area contributed by atoms with Gasteiger partial charge < -0.3 is 19.5 Å². The molecule has 2 aromatic heterocycles. The third-order valence-corrected chi connectivity index (χ3v) is 6.71. The smallest absolute Gasteiger partial charge is 0.174 e. The molecule has 178 valence electrons. The number of rotatable bonds is 6. The van der Waals surface area contributed by atoms with Crippen molar-refractivity contribution in [2.45, 2.75) is 32.9 Å². The number of benzene rings is 2. The lowest BCUT2D eigenvalue weighted by Crippen LogP contribution is -2.29. The lowest BCUT2D eigenvalue weighted by Gasteiger charge is -2.28. The molecule has 0 saturated carbocycles. The van der Waals surface area contributed by atoms with Crippen LogP contribution in [0.3, 0.4) is 0 Å². The Bertz CT molecular complexity index is 1340. The number of hydrogen-bond donors (Lipinski definition) is 1. The molecule has 1 fully saturated rings. The molecule has 0 aliphatic carbocycles. The Morgan fingerprint density at radius 3 is 2.37 bits per heavy atom. The normalized spacial score (nSPS) is 17.5. The molecule has 4 aromatic rings. The second-order valence-corrected chi connectivity index (χ2v) is 8.95. The minimum Gasteiger partial charge on any atom is -0.494 e. The molecular formula is C28H27FN4OS.